The van der Waals surface area contributed by atoms with E-state index >= 15 is 0 Å². The Labute approximate surface area is 83.1 Å². The number of rotatable bonds is 3. The van der Waals surface area contributed by atoms with Gasteiger partial charge in [-0.1, -0.05) is 6.92 Å². The van der Waals surface area contributed by atoms with Crippen LogP contribution in [-0.2, 0) is 9.84 Å². The molecule has 0 amide bonds. The minimum absolute atomic E-state index is 0.0127. The molecule has 1 aromatic carbocycles. The maximum absolute atomic E-state index is 11.4. The molecule has 0 atom stereocenters. The molecule has 0 unspecified atom stereocenters. The lowest BCUT2D eigenvalue weighted by atomic mass is 10.3. The van der Waals surface area contributed by atoms with Gasteiger partial charge in [0.05, 0.1) is 17.8 Å². The molecule has 5 heteroatoms. The van der Waals surface area contributed by atoms with Gasteiger partial charge in [0.1, 0.15) is 0 Å². The van der Waals surface area contributed by atoms with Crippen LogP contribution in [0.4, 0.5) is 0 Å². The van der Waals surface area contributed by atoms with Gasteiger partial charge in [0.2, 0.25) is 0 Å². The van der Waals surface area contributed by atoms with E-state index in [1.54, 1.807) is 6.92 Å². The Morgan fingerprint density at radius 1 is 1.43 bits per heavy atom. The molecule has 0 saturated carbocycles. The summed E-state index contributed by atoms with van der Waals surface area (Å²) in [4.78, 5) is 0.110. The predicted molar refractivity (Wildman–Crippen MR) is 52.4 cm³/mol. The zero-order valence-corrected chi connectivity index (χ0v) is 8.84. The molecule has 1 N–H and O–H groups in total. The Kier molecular flexibility index (Phi) is 3.00. The second-order valence-electron chi connectivity index (χ2n) is 2.74. The van der Waals surface area contributed by atoms with Gasteiger partial charge in [-0.25, -0.2) is 8.42 Å². The van der Waals surface area contributed by atoms with Gasteiger partial charge in [-0.3, -0.25) is 0 Å². The Hall–Kier alpha value is -1.23. The largest absolute Gasteiger partial charge is 0.504 e. The first-order chi connectivity index (χ1) is 6.51. The van der Waals surface area contributed by atoms with Crippen LogP contribution in [0.2, 0.25) is 0 Å². The highest BCUT2D eigenvalue weighted by Crippen LogP contribution is 2.28. The molecule has 0 heterocycles. The van der Waals surface area contributed by atoms with Crippen molar-refractivity contribution in [3.05, 3.63) is 18.2 Å². The van der Waals surface area contributed by atoms with Crippen LogP contribution >= 0.6 is 0 Å². The summed E-state index contributed by atoms with van der Waals surface area (Å²) in [5.41, 5.74) is 0. The molecule has 1 rings (SSSR count). The maximum Gasteiger partial charge on any atom is 0.178 e. The van der Waals surface area contributed by atoms with Crippen molar-refractivity contribution in [3.8, 4) is 11.5 Å². The first-order valence-corrected chi connectivity index (χ1v) is 5.76. The molecule has 0 saturated heterocycles. The van der Waals surface area contributed by atoms with Gasteiger partial charge in [0.25, 0.3) is 0 Å². The molecular formula is C9H12O4S. The van der Waals surface area contributed by atoms with Crippen LogP contribution in [0.25, 0.3) is 0 Å². The second kappa shape index (κ2) is 3.88. The topological polar surface area (TPSA) is 63.6 Å². The number of phenols is 1. The number of sulfone groups is 1. The molecule has 0 spiro atoms. The quantitative estimate of drug-likeness (QED) is 0.824. The third-order valence-corrected chi connectivity index (χ3v) is 3.62. The van der Waals surface area contributed by atoms with Crippen molar-refractivity contribution in [2.75, 3.05) is 12.9 Å². The summed E-state index contributed by atoms with van der Waals surface area (Å²) in [7, 11) is -1.86. The van der Waals surface area contributed by atoms with Crippen molar-refractivity contribution in [1.29, 1.82) is 0 Å². The summed E-state index contributed by atoms with van der Waals surface area (Å²) < 4.78 is 27.6. The average molecular weight is 216 g/mol. The molecule has 0 aromatic heterocycles. The highest BCUT2D eigenvalue weighted by molar-refractivity contribution is 7.91. The van der Waals surface area contributed by atoms with Crippen molar-refractivity contribution in [2.24, 2.45) is 0 Å². The molecule has 0 fully saturated rings. The van der Waals surface area contributed by atoms with Gasteiger partial charge >= 0.3 is 0 Å². The lowest BCUT2D eigenvalue weighted by Crippen LogP contribution is -2.03. The first kappa shape index (κ1) is 10.8. The molecule has 0 aliphatic carbocycles. The Morgan fingerprint density at radius 3 is 2.50 bits per heavy atom. The zero-order chi connectivity index (χ0) is 10.8. The van der Waals surface area contributed by atoms with Crippen LogP contribution in [0.5, 0.6) is 11.5 Å². The van der Waals surface area contributed by atoms with Gasteiger partial charge in [0.15, 0.2) is 21.3 Å². The number of benzene rings is 1. The fourth-order valence-electron chi connectivity index (χ4n) is 1.03. The number of hydrogen-bond acceptors (Lipinski definition) is 4. The highest BCUT2D eigenvalue weighted by Gasteiger charge is 2.13. The fourth-order valence-corrected chi connectivity index (χ4v) is 1.93. The van der Waals surface area contributed by atoms with E-state index in [2.05, 4.69) is 0 Å². The minimum atomic E-state index is -3.26. The van der Waals surface area contributed by atoms with Gasteiger partial charge in [-0.15, -0.1) is 0 Å². The molecule has 14 heavy (non-hydrogen) atoms. The van der Waals surface area contributed by atoms with Gasteiger partial charge in [0, 0.05) is 6.07 Å². The molecule has 4 nitrogen and oxygen atoms in total. The van der Waals surface area contributed by atoms with E-state index in [-0.39, 0.29) is 22.1 Å². The predicted octanol–water partition coefficient (Wildman–Crippen LogP) is 1.19. The van der Waals surface area contributed by atoms with E-state index in [0.717, 1.165) is 0 Å². The normalized spacial score (nSPS) is 11.3. The van der Waals surface area contributed by atoms with E-state index in [9.17, 15) is 13.5 Å². The van der Waals surface area contributed by atoms with Crippen molar-refractivity contribution >= 4 is 9.84 Å². The average Bonchev–Trinajstić information content (AvgIpc) is 2.17. The molecule has 0 aliphatic heterocycles. The van der Waals surface area contributed by atoms with E-state index in [4.69, 9.17) is 4.74 Å². The van der Waals surface area contributed by atoms with Crippen LogP contribution in [0.15, 0.2) is 23.1 Å². The minimum Gasteiger partial charge on any atom is -0.504 e. The third-order valence-electron chi connectivity index (χ3n) is 1.89. The summed E-state index contributed by atoms with van der Waals surface area (Å²) >= 11 is 0. The van der Waals surface area contributed by atoms with Crippen LogP contribution in [0, 0.1) is 0 Å². The maximum atomic E-state index is 11.4. The Balaban J connectivity index is 3.22. The highest BCUT2D eigenvalue weighted by atomic mass is 32.2. The number of methoxy groups -OCH3 is 1. The molecule has 0 bridgehead atoms. The van der Waals surface area contributed by atoms with Gasteiger partial charge in [-0.2, -0.15) is 0 Å². The fraction of sp³-hybridized carbons (Fsp3) is 0.333. The molecule has 78 valence electrons. The van der Waals surface area contributed by atoms with Crippen LogP contribution in [0.1, 0.15) is 6.92 Å². The van der Waals surface area contributed by atoms with Crippen molar-refractivity contribution < 1.29 is 18.3 Å². The first-order valence-electron chi connectivity index (χ1n) is 4.11. The summed E-state index contributed by atoms with van der Waals surface area (Å²) in [6.07, 6.45) is 0. The molecule has 1 aromatic rings. The number of aromatic hydroxyl groups is 1. The number of hydrogen-bond donors (Lipinski definition) is 1. The molecule has 0 radical (unpaired) electrons. The van der Waals surface area contributed by atoms with Crippen LogP contribution in [-0.4, -0.2) is 26.4 Å². The monoisotopic (exact) mass is 216 g/mol. The smallest absolute Gasteiger partial charge is 0.178 e. The van der Waals surface area contributed by atoms with E-state index in [0.29, 0.717) is 0 Å². The number of phenolic OH excluding ortho intramolecular Hbond substituents is 1. The Morgan fingerprint density at radius 2 is 2.07 bits per heavy atom. The van der Waals surface area contributed by atoms with E-state index in [1.165, 1.54) is 25.3 Å². The lowest BCUT2D eigenvalue weighted by molar-refractivity contribution is 0.372. The summed E-state index contributed by atoms with van der Waals surface area (Å²) in [5.74, 6) is 0.112. The van der Waals surface area contributed by atoms with Gasteiger partial charge in [-0.05, 0) is 12.1 Å². The Bertz CT molecular complexity index is 422. The van der Waals surface area contributed by atoms with Gasteiger partial charge < -0.3 is 9.84 Å². The molecular weight excluding hydrogens is 204 g/mol. The summed E-state index contributed by atoms with van der Waals surface area (Å²) in [5, 5.41) is 9.36. The summed E-state index contributed by atoms with van der Waals surface area (Å²) in [6.45, 7) is 1.55. The van der Waals surface area contributed by atoms with Crippen LogP contribution < -0.4 is 4.74 Å². The SMILES string of the molecule is CCS(=O)(=O)c1ccc(OC)c(O)c1. The summed E-state index contributed by atoms with van der Waals surface area (Å²) in [6, 6.07) is 4.03. The second-order valence-corrected chi connectivity index (χ2v) is 5.02. The third kappa shape index (κ3) is 1.98. The van der Waals surface area contributed by atoms with Crippen LogP contribution in [0.3, 0.4) is 0 Å². The molecule has 0 aliphatic rings. The standard InChI is InChI=1S/C9H12O4S/c1-3-14(11,12)7-4-5-9(13-2)8(10)6-7/h4-6,10H,3H2,1-2H3. The lowest BCUT2D eigenvalue weighted by Gasteiger charge is -2.05. The zero-order valence-electron chi connectivity index (χ0n) is 8.02. The van der Waals surface area contributed by atoms with Crippen molar-refractivity contribution in [3.63, 3.8) is 0 Å². The van der Waals surface area contributed by atoms with E-state index in [1.807, 2.05) is 0 Å². The van der Waals surface area contributed by atoms with Crippen molar-refractivity contribution in [2.45, 2.75) is 11.8 Å². The number of ether oxygens (including phenoxy) is 1. The van der Waals surface area contributed by atoms with Crippen molar-refractivity contribution in [1.82, 2.24) is 0 Å². The van der Waals surface area contributed by atoms with E-state index < -0.39 is 9.84 Å².